The van der Waals surface area contributed by atoms with Crippen molar-refractivity contribution in [1.82, 2.24) is 0 Å². The Balaban J connectivity index is 1.89. The summed E-state index contributed by atoms with van der Waals surface area (Å²) < 4.78 is 0. The maximum atomic E-state index is 10.2. The summed E-state index contributed by atoms with van der Waals surface area (Å²) in [5, 5.41) is 10.2. The minimum absolute atomic E-state index is 0.149. The third-order valence-electron chi connectivity index (χ3n) is 4.22. The largest absolute Gasteiger partial charge is 0.508 e. The minimum Gasteiger partial charge on any atom is -0.508 e. The average Bonchev–Trinajstić information content (AvgIpc) is 2.68. The third kappa shape index (κ3) is 2.88. The Kier molecular flexibility index (Phi) is 3.84. The molecule has 110 valence electrons. The van der Waals surface area contributed by atoms with Crippen LogP contribution in [0, 0.1) is 0 Å². The zero-order chi connectivity index (χ0) is 14.8. The van der Waals surface area contributed by atoms with Gasteiger partial charge >= 0.3 is 0 Å². The third-order valence-corrected chi connectivity index (χ3v) is 4.22. The van der Waals surface area contributed by atoms with Crippen molar-refractivity contribution in [1.29, 1.82) is 0 Å². The fourth-order valence-corrected chi connectivity index (χ4v) is 3.03. The molecule has 3 rings (SSSR count). The molecule has 1 unspecified atom stereocenters. The van der Waals surface area contributed by atoms with Gasteiger partial charge in [0.2, 0.25) is 0 Å². The zero-order valence-electron chi connectivity index (χ0n) is 12.4. The van der Waals surface area contributed by atoms with Crippen molar-refractivity contribution in [3.05, 3.63) is 59.2 Å². The van der Waals surface area contributed by atoms with Crippen LogP contribution in [0.1, 0.15) is 36.1 Å². The number of nitrogens with two attached hydrogens (primary N) is 1. The summed E-state index contributed by atoms with van der Waals surface area (Å²) >= 11 is 0. The van der Waals surface area contributed by atoms with Crippen molar-refractivity contribution in [3.8, 4) is 5.75 Å². The topological polar surface area (TPSA) is 49.5 Å². The van der Waals surface area contributed by atoms with E-state index >= 15 is 0 Å². The van der Waals surface area contributed by atoms with Crippen LogP contribution in [0.5, 0.6) is 5.75 Å². The van der Waals surface area contributed by atoms with Crippen molar-refractivity contribution in [2.24, 2.45) is 5.73 Å². The van der Waals surface area contributed by atoms with Gasteiger partial charge in [0.15, 0.2) is 0 Å². The average molecular weight is 282 g/mol. The highest BCUT2D eigenvalue weighted by molar-refractivity contribution is 5.55. The predicted molar refractivity (Wildman–Crippen MR) is 86.5 cm³/mol. The molecule has 0 saturated carbocycles. The van der Waals surface area contributed by atoms with E-state index in [4.69, 9.17) is 5.73 Å². The first-order valence-corrected chi connectivity index (χ1v) is 7.55. The maximum Gasteiger partial charge on any atom is 0.122 e. The van der Waals surface area contributed by atoms with Gasteiger partial charge in [-0.1, -0.05) is 30.3 Å². The van der Waals surface area contributed by atoms with Gasteiger partial charge in [0.1, 0.15) is 5.75 Å². The monoisotopic (exact) mass is 282 g/mol. The lowest BCUT2D eigenvalue weighted by Gasteiger charge is -2.24. The van der Waals surface area contributed by atoms with Crippen LogP contribution in [0.4, 0.5) is 5.69 Å². The number of aryl methyl sites for hydroxylation is 1. The quantitative estimate of drug-likeness (QED) is 0.888. The van der Waals surface area contributed by atoms with Gasteiger partial charge in [0.05, 0.1) is 0 Å². The van der Waals surface area contributed by atoms with E-state index in [1.165, 1.54) is 11.1 Å². The van der Waals surface area contributed by atoms with E-state index in [2.05, 4.69) is 35.2 Å². The van der Waals surface area contributed by atoms with Gasteiger partial charge in [-0.2, -0.15) is 0 Å². The number of nitrogens with zero attached hydrogens (tertiary/aromatic N) is 1. The number of benzene rings is 2. The molecule has 3 nitrogen and oxygen atoms in total. The molecule has 1 atom stereocenters. The van der Waals surface area contributed by atoms with Crippen LogP contribution in [0.25, 0.3) is 0 Å². The number of aromatic hydroxyl groups is 1. The molecule has 0 spiro atoms. The summed E-state index contributed by atoms with van der Waals surface area (Å²) in [6.07, 6.45) is 2.25. The first-order valence-electron chi connectivity index (χ1n) is 7.55. The molecule has 1 heterocycles. The van der Waals surface area contributed by atoms with Crippen LogP contribution in [-0.2, 0) is 13.0 Å². The second kappa shape index (κ2) is 5.78. The summed E-state index contributed by atoms with van der Waals surface area (Å²) in [5.74, 6) is 0.292. The number of phenols is 1. The van der Waals surface area contributed by atoms with E-state index in [9.17, 15) is 5.11 Å². The van der Waals surface area contributed by atoms with E-state index in [1.54, 1.807) is 0 Å². The second-order valence-electron chi connectivity index (χ2n) is 5.83. The molecule has 0 saturated heterocycles. The smallest absolute Gasteiger partial charge is 0.122 e. The lowest BCUT2D eigenvalue weighted by Crippen LogP contribution is -2.22. The molecule has 0 aromatic heterocycles. The number of rotatable bonds is 2. The van der Waals surface area contributed by atoms with E-state index in [0.29, 0.717) is 5.75 Å². The molecule has 3 heteroatoms. The minimum atomic E-state index is -0.149. The summed E-state index contributed by atoms with van der Waals surface area (Å²) in [4.78, 5) is 2.33. The Bertz CT molecular complexity index is 637. The summed E-state index contributed by atoms with van der Waals surface area (Å²) in [7, 11) is 0. The van der Waals surface area contributed by atoms with E-state index in [1.807, 2.05) is 19.1 Å². The Morgan fingerprint density at radius 3 is 2.62 bits per heavy atom. The van der Waals surface area contributed by atoms with E-state index in [0.717, 1.165) is 37.2 Å². The molecule has 0 bridgehead atoms. The molecule has 3 N–H and O–H groups in total. The van der Waals surface area contributed by atoms with Crippen molar-refractivity contribution in [2.75, 3.05) is 11.4 Å². The van der Waals surface area contributed by atoms with E-state index in [-0.39, 0.29) is 6.04 Å². The molecule has 1 aliphatic rings. The number of fused-ring (bicyclic) bond motifs is 1. The molecule has 0 amide bonds. The normalized spacial score (nSPS) is 16.2. The Labute approximate surface area is 126 Å². The number of anilines is 1. The van der Waals surface area contributed by atoms with Crippen LogP contribution in [0.2, 0.25) is 0 Å². The molecule has 2 aromatic carbocycles. The van der Waals surface area contributed by atoms with Crippen molar-refractivity contribution in [3.63, 3.8) is 0 Å². The standard InChI is InChI=1S/C18H22N2O/c1-13(19)17-9-8-16(11-18(17)21)20-10-4-7-14-5-2-3-6-15(14)12-20/h2-3,5-6,8-9,11,13,21H,4,7,10,12,19H2,1H3. The maximum absolute atomic E-state index is 10.2. The van der Waals surface area contributed by atoms with Gasteiger partial charge in [-0.15, -0.1) is 0 Å². The van der Waals surface area contributed by atoms with E-state index < -0.39 is 0 Å². The van der Waals surface area contributed by atoms with Crippen LogP contribution in [0.3, 0.4) is 0 Å². The molecule has 0 radical (unpaired) electrons. The summed E-state index contributed by atoms with van der Waals surface area (Å²) in [6, 6.07) is 14.3. The fourth-order valence-electron chi connectivity index (χ4n) is 3.03. The Morgan fingerprint density at radius 2 is 1.90 bits per heavy atom. The van der Waals surface area contributed by atoms with Gasteiger partial charge in [-0.3, -0.25) is 0 Å². The fraction of sp³-hybridized carbons (Fsp3) is 0.333. The first kappa shape index (κ1) is 14.0. The van der Waals surface area contributed by atoms with Crippen molar-refractivity contribution < 1.29 is 5.11 Å². The molecular weight excluding hydrogens is 260 g/mol. The number of hydrogen-bond acceptors (Lipinski definition) is 3. The molecule has 0 aliphatic carbocycles. The zero-order valence-corrected chi connectivity index (χ0v) is 12.4. The highest BCUT2D eigenvalue weighted by Gasteiger charge is 2.16. The van der Waals surface area contributed by atoms with Gasteiger partial charge in [0.25, 0.3) is 0 Å². The summed E-state index contributed by atoms with van der Waals surface area (Å²) in [5.41, 5.74) is 10.5. The molecule has 1 aliphatic heterocycles. The lowest BCUT2D eigenvalue weighted by molar-refractivity contribution is 0.463. The number of hydrogen-bond donors (Lipinski definition) is 2. The molecule has 2 aromatic rings. The highest BCUT2D eigenvalue weighted by atomic mass is 16.3. The first-order chi connectivity index (χ1) is 10.1. The number of phenolic OH excluding ortho intramolecular Hbond substituents is 1. The van der Waals surface area contributed by atoms with Gasteiger partial charge in [-0.05, 0) is 37.0 Å². The lowest BCUT2D eigenvalue weighted by atomic mass is 10.0. The SMILES string of the molecule is CC(N)c1ccc(N2CCCc3ccccc3C2)cc1O. The Morgan fingerprint density at radius 1 is 1.14 bits per heavy atom. The van der Waals surface area contributed by atoms with Crippen molar-refractivity contribution >= 4 is 5.69 Å². The van der Waals surface area contributed by atoms with Gasteiger partial charge < -0.3 is 15.7 Å². The highest BCUT2D eigenvalue weighted by Crippen LogP contribution is 2.30. The van der Waals surface area contributed by atoms with Crippen LogP contribution in [0.15, 0.2) is 42.5 Å². The molecular formula is C18H22N2O. The molecule has 21 heavy (non-hydrogen) atoms. The van der Waals surface area contributed by atoms with Crippen molar-refractivity contribution in [2.45, 2.75) is 32.4 Å². The second-order valence-corrected chi connectivity index (χ2v) is 5.83. The van der Waals surface area contributed by atoms with Crippen LogP contribution in [-0.4, -0.2) is 11.7 Å². The summed E-state index contributed by atoms with van der Waals surface area (Å²) in [6.45, 7) is 3.79. The molecule has 0 fully saturated rings. The Hall–Kier alpha value is -2.00. The van der Waals surface area contributed by atoms with Crippen LogP contribution < -0.4 is 10.6 Å². The van der Waals surface area contributed by atoms with Gasteiger partial charge in [0, 0.05) is 36.4 Å². The van der Waals surface area contributed by atoms with Gasteiger partial charge in [-0.25, -0.2) is 0 Å². The predicted octanol–water partition coefficient (Wildman–Crippen LogP) is 3.36. The van der Waals surface area contributed by atoms with Crippen LogP contribution >= 0.6 is 0 Å².